The van der Waals surface area contributed by atoms with Crippen molar-refractivity contribution in [2.75, 3.05) is 6.54 Å². The van der Waals surface area contributed by atoms with Gasteiger partial charge in [0.2, 0.25) is 0 Å². The van der Waals surface area contributed by atoms with Crippen molar-refractivity contribution in [1.82, 2.24) is 5.32 Å². The summed E-state index contributed by atoms with van der Waals surface area (Å²) >= 11 is 0. The molecule has 1 atom stereocenters. The summed E-state index contributed by atoms with van der Waals surface area (Å²) in [6.45, 7) is 4.00. The Bertz CT molecular complexity index is 255. The van der Waals surface area contributed by atoms with Crippen LogP contribution >= 0.6 is 0 Å². The molecule has 1 aliphatic heterocycles. The summed E-state index contributed by atoms with van der Waals surface area (Å²) in [5.41, 5.74) is 7.81. The SMILES string of the molecule is CC1(C)CC(CN=[N+]=[N-])OC(=O)N1. The van der Waals surface area contributed by atoms with E-state index >= 15 is 0 Å². The molecule has 1 heterocycles. The van der Waals surface area contributed by atoms with E-state index in [2.05, 4.69) is 15.3 Å². The molecule has 6 nitrogen and oxygen atoms in total. The van der Waals surface area contributed by atoms with Gasteiger partial charge in [-0.2, -0.15) is 0 Å². The molecule has 6 heteroatoms. The van der Waals surface area contributed by atoms with Gasteiger partial charge < -0.3 is 10.1 Å². The zero-order chi connectivity index (χ0) is 9.90. The number of cyclic esters (lactones) is 1. The van der Waals surface area contributed by atoms with E-state index in [1.807, 2.05) is 13.8 Å². The van der Waals surface area contributed by atoms with Crippen molar-refractivity contribution >= 4 is 6.09 Å². The molecule has 0 aromatic heterocycles. The normalized spacial score (nSPS) is 25.4. The number of carbonyl (C=O) groups excluding carboxylic acids is 1. The Kier molecular flexibility index (Phi) is 2.63. The van der Waals surface area contributed by atoms with Crippen LogP contribution < -0.4 is 5.32 Å². The first kappa shape index (κ1) is 9.67. The van der Waals surface area contributed by atoms with Crippen LogP contribution in [0.1, 0.15) is 20.3 Å². The maximum atomic E-state index is 11.0. The molecule has 72 valence electrons. The van der Waals surface area contributed by atoms with Crippen LogP contribution in [-0.2, 0) is 4.74 Å². The quantitative estimate of drug-likeness (QED) is 0.401. The lowest BCUT2D eigenvalue weighted by atomic mass is 9.95. The number of carbonyl (C=O) groups is 1. The molecule has 1 rings (SSSR count). The molecule has 1 fully saturated rings. The van der Waals surface area contributed by atoms with Crippen LogP contribution in [0.5, 0.6) is 0 Å². The van der Waals surface area contributed by atoms with Crippen molar-refractivity contribution in [2.24, 2.45) is 5.11 Å². The molecule has 1 N–H and O–H groups in total. The highest BCUT2D eigenvalue weighted by atomic mass is 16.6. The first-order valence-corrected chi connectivity index (χ1v) is 4.03. The number of alkyl carbamates (subject to hydrolysis) is 1. The van der Waals surface area contributed by atoms with E-state index in [0.717, 1.165) is 0 Å². The highest BCUT2D eigenvalue weighted by molar-refractivity contribution is 5.69. The second kappa shape index (κ2) is 3.53. The van der Waals surface area contributed by atoms with E-state index in [1.165, 1.54) is 0 Å². The predicted octanol–water partition coefficient (Wildman–Crippen LogP) is 1.57. The van der Waals surface area contributed by atoms with Gasteiger partial charge >= 0.3 is 6.09 Å². The molecule has 0 saturated carbocycles. The molecule has 1 unspecified atom stereocenters. The smallest absolute Gasteiger partial charge is 0.407 e. The summed E-state index contributed by atoms with van der Waals surface area (Å²) in [4.78, 5) is 13.6. The lowest BCUT2D eigenvalue weighted by Crippen LogP contribution is -2.52. The summed E-state index contributed by atoms with van der Waals surface area (Å²) in [5, 5.41) is 6.04. The summed E-state index contributed by atoms with van der Waals surface area (Å²) in [6, 6.07) is 0. The molecule has 0 bridgehead atoms. The van der Waals surface area contributed by atoms with Gasteiger partial charge in [-0.1, -0.05) is 5.11 Å². The third kappa shape index (κ3) is 2.83. The van der Waals surface area contributed by atoms with Crippen LogP contribution in [0.4, 0.5) is 4.79 Å². The molecule has 13 heavy (non-hydrogen) atoms. The molecule has 0 spiro atoms. The number of nitrogens with one attached hydrogen (secondary N) is 1. The molecular weight excluding hydrogens is 172 g/mol. The largest absolute Gasteiger partial charge is 0.446 e. The van der Waals surface area contributed by atoms with E-state index < -0.39 is 6.09 Å². The Hall–Kier alpha value is -1.42. The van der Waals surface area contributed by atoms with Crippen LogP contribution in [-0.4, -0.2) is 24.3 Å². The second-order valence-corrected chi connectivity index (χ2v) is 3.65. The first-order valence-electron chi connectivity index (χ1n) is 4.03. The minimum atomic E-state index is -0.450. The van der Waals surface area contributed by atoms with Gasteiger partial charge in [0, 0.05) is 16.9 Å². The predicted molar refractivity (Wildman–Crippen MR) is 46.1 cm³/mol. The third-order valence-electron chi connectivity index (χ3n) is 1.80. The third-order valence-corrected chi connectivity index (χ3v) is 1.80. The molecule has 1 saturated heterocycles. The lowest BCUT2D eigenvalue weighted by molar-refractivity contribution is 0.0455. The van der Waals surface area contributed by atoms with Crippen molar-refractivity contribution in [3.8, 4) is 0 Å². The van der Waals surface area contributed by atoms with Crippen molar-refractivity contribution < 1.29 is 9.53 Å². The Balaban J connectivity index is 2.57. The van der Waals surface area contributed by atoms with E-state index in [4.69, 9.17) is 10.3 Å². The average molecular weight is 184 g/mol. The first-order chi connectivity index (χ1) is 6.03. The Morgan fingerprint density at radius 3 is 3.08 bits per heavy atom. The fourth-order valence-corrected chi connectivity index (χ4v) is 1.35. The molecular formula is C7H12N4O2. The molecule has 0 aromatic rings. The molecule has 1 amide bonds. The van der Waals surface area contributed by atoms with Gasteiger partial charge in [0.1, 0.15) is 6.10 Å². The number of azide groups is 1. The van der Waals surface area contributed by atoms with Gasteiger partial charge in [0.15, 0.2) is 0 Å². The second-order valence-electron chi connectivity index (χ2n) is 3.65. The maximum absolute atomic E-state index is 11.0. The van der Waals surface area contributed by atoms with Crippen molar-refractivity contribution in [3.05, 3.63) is 10.4 Å². The summed E-state index contributed by atoms with van der Waals surface area (Å²) in [7, 11) is 0. The van der Waals surface area contributed by atoms with Crippen LogP contribution in [0.25, 0.3) is 10.4 Å². The van der Waals surface area contributed by atoms with E-state index in [0.29, 0.717) is 6.42 Å². The summed E-state index contributed by atoms with van der Waals surface area (Å²) in [6.07, 6.45) is -0.105. The fourth-order valence-electron chi connectivity index (χ4n) is 1.35. The maximum Gasteiger partial charge on any atom is 0.407 e. The Morgan fingerprint density at radius 2 is 2.54 bits per heavy atom. The summed E-state index contributed by atoms with van der Waals surface area (Å²) in [5.74, 6) is 0. The van der Waals surface area contributed by atoms with Crippen LogP contribution in [0.15, 0.2) is 5.11 Å². The van der Waals surface area contributed by atoms with Crippen LogP contribution in [0.2, 0.25) is 0 Å². The van der Waals surface area contributed by atoms with Gasteiger partial charge in [0.05, 0.1) is 6.54 Å². The van der Waals surface area contributed by atoms with E-state index in [-0.39, 0.29) is 18.2 Å². The molecule has 0 aromatic carbocycles. The zero-order valence-corrected chi connectivity index (χ0v) is 7.65. The van der Waals surface area contributed by atoms with Crippen LogP contribution in [0, 0.1) is 0 Å². The van der Waals surface area contributed by atoms with Crippen molar-refractivity contribution in [1.29, 1.82) is 0 Å². The standard InChI is InChI=1S/C7H12N4O2/c1-7(2)3-5(4-9-11-8)13-6(12)10-7/h5H,3-4H2,1-2H3,(H,10,12). The number of nitrogens with zero attached hydrogens (tertiary/aromatic N) is 3. The monoisotopic (exact) mass is 184 g/mol. The topological polar surface area (TPSA) is 87.1 Å². The number of amides is 1. The number of hydrogen-bond acceptors (Lipinski definition) is 3. The van der Waals surface area contributed by atoms with Crippen LogP contribution in [0.3, 0.4) is 0 Å². The Morgan fingerprint density at radius 1 is 1.85 bits per heavy atom. The lowest BCUT2D eigenvalue weighted by Gasteiger charge is -2.35. The number of hydrogen-bond donors (Lipinski definition) is 1. The highest BCUT2D eigenvalue weighted by Crippen LogP contribution is 2.19. The van der Waals surface area contributed by atoms with E-state index in [9.17, 15) is 4.79 Å². The zero-order valence-electron chi connectivity index (χ0n) is 7.65. The number of rotatable bonds is 2. The molecule has 0 radical (unpaired) electrons. The minimum absolute atomic E-state index is 0.202. The fraction of sp³-hybridized carbons (Fsp3) is 0.857. The molecule has 1 aliphatic rings. The van der Waals surface area contributed by atoms with Crippen molar-refractivity contribution in [3.63, 3.8) is 0 Å². The van der Waals surface area contributed by atoms with Crippen molar-refractivity contribution in [2.45, 2.75) is 31.9 Å². The number of ether oxygens (including phenoxy) is 1. The minimum Gasteiger partial charge on any atom is -0.446 e. The molecule has 0 aliphatic carbocycles. The Labute approximate surface area is 75.9 Å². The average Bonchev–Trinajstić information content (AvgIpc) is 1.97. The van der Waals surface area contributed by atoms with E-state index in [1.54, 1.807) is 0 Å². The highest BCUT2D eigenvalue weighted by Gasteiger charge is 2.32. The summed E-state index contributed by atoms with van der Waals surface area (Å²) < 4.78 is 4.91. The van der Waals surface area contributed by atoms with Gasteiger partial charge in [0.25, 0.3) is 0 Å². The van der Waals surface area contributed by atoms with Gasteiger partial charge in [-0.25, -0.2) is 4.79 Å². The van der Waals surface area contributed by atoms with Gasteiger partial charge in [-0.3, -0.25) is 0 Å². The van der Waals surface area contributed by atoms with Gasteiger partial charge in [-0.15, -0.1) is 0 Å². The van der Waals surface area contributed by atoms with Gasteiger partial charge in [-0.05, 0) is 19.4 Å².